The molecule has 1 aromatic carbocycles. The maximum Gasteiger partial charge on any atom is 0.261 e. The fourth-order valence-electron chi connectivity index (χ4n) is 1.95. The lowest BCUT2D eigenvalue weighted by atomic mass is 10.2. The van der Waals surface area contributed by atoms with Crippen LogP contribution >= 0.6 is 23.2 Å². The summed E-state index contributed by atoms with van der Waals surface area (Å²) >= 11 is 11.8. The summed E-state index contributed by atoms with van der Waals surface area (Å²) in [5, 5.41) is 3.48. The van der Waals surface area contributed by atoms with Crippen LogP contribution in [0.15, 0.2) is 36.5 Å². The lowest BCUT2D eigenvalue weighted by molar-refractivity contribution is -0.128. The van der Waals surface area contributed by atoms with Gasteiger partial charge in [-0.2, -0.15) is 0 Å². The minimum absolute atomic E-state index is 0.182. The molecule has 0 radical (unpaired) electrons. The Morgan fingerprint density at radius 3 is 2.83 bits per heavy atom. The molecule has 5 nitrogen and oxygen atoms in total. The van der Waals surface area contributed by atoms with Crippen molar-refractivity contribution in [3.8, 4) is 5.88 Å². The van der Waals surface area contributed by atoms with Crippen molar-refractivity contribution in [1.82, 2.24) is 10.3 Å². The smallest absolute Gasteiger partial charge is 0.261 e. The van der Waals surface area contributed by atoms with Crippen LogP contribution < -0.4 is 15.8 Å². The molecule has 2 aromatic rings. The van der Waals surface area contributed by atoms with Crippen LogP contribution in [0.1, 0.15) is 18.9 Å². The van der Waals surface area contributed by atoms with Gasteiger partial charge in [-0.05, 0) is 30.2 Å². The molecule has 0 bridgehead atoms. The molecule has 2 rings (SSSR count). The highest BCUT2D eigenvalue weighted by molar-refractivity contribution is 6.35. The molecule has 0 aliphatic rings. The molecule has 7 heteroatoms. The van der Waals surface area contributed by atoms with Crippen LogP contribution in [-0.4, -0.2) is 17.0 Å². The van der Waals surface area contributed by atoms with Gasteiger partial charge in [0.25, 0.3) is 5.91 Å². The van der Waals surface area contributed by atoms with Gasteiger partial charge in [0, 0.05) is 18.4 Å². The number of hydrogen-bond donors (Lipinski definition) is 2. The molecule has 0 saturated carbocycles. The zero-order chi connectivity index (χ0) is 16.8. The predicted octanol–water partition coefficient (Wildman–Crippen LogP) is 3.44. The van der Waals surface area contributed by atoms with E-state index in [4.69, 9.17) is 33.7 Å². The first-order valence-electron chi connectivity index (χ1n) is 7.09. The minimum Gasteiger partial charge on any atom is -0.463 e. The number of carbonyl (C=O) groups excluding carboxylic acids is 1. The molecular weight excluding hydrogens is 337 g/mol. The molecular formula is C16H17Cl2N3O2. The Hall–Kier alpha value is -1.98. The van der Waals surface area contributed by atoms with E-state index >= 15 is 0 Å². The second kappa shape index (κ2) is 8.04. The number of halogens is 2. The molecule has 3 N–H and O–H groups in total. The summed E-state index contributed by atoms with van der Waals surface area (Å²) in [4.78, 5) is 16.2. The van der Waals surface area contributed by atoms with Gasteiger partial charge in [0.15, 0.2) is 6.10 Å². The number of amides is 1. The second-order valence-electron chi connectivity index (χ2n) is 4.92. The topological polar surface area (TPSA) is 77.2 Å². The van der Waals surface area contributed by atoms with Gasteiger partial charge in [-0.1, -0.05) is 42.3 Å². The third-order valence-corrected chi connectivity index (χ3v) is 3.59. The molecule has 1 aromatic heterocycles. The van der Waals surface area contributed by atoms with Crippen molar-refractivity contribution < 1.29 is 9.53 Å². The molecule has 0 fully saturated rings. The average Bonchev–Trinajstić information content (AvgIpc) is 2.52. The number of hydrogen-bond acceptors (Lipinski definition) is 4. The first-order valence-corrected chi connectivity index (χ1v) is 7.85. The van der Waals surface area contributed by atoms with Gasteiger partial charge >= 0.3 is 0 Å². The predicted molar refractivity (Wildman–Crippen MR) is 91.7 cm³/mol. The van der Waals surface area contributed by atoms with Gasteiger partial charge in [-0.15, -0.1) is 0 Å². The number of nitrogens with one attached hydrogen (secondary N) is 1. The van der Waals surface area contributed by atoms with E-state index in [0.29, 0.717) is 23.7 Å². The van der Waals surface area contributed by atoms with Crippen LogP contribution in [0, 0.1) is 0 Å². The van der Waals surface area contributed by atoms with E-state index in [9.17, 15) is 4.79 Å². The summed E-state index contributed by atoms with van der Waals surface area (Å²) < 4.78 is 5.58. The summed E-state index contributed by atoms with van der Waals surface area (Å²) in [6.45, 7) is 2.21. The lowest BCUT2D eigenvalue weighted by Crippen LogP contribution is -2.37. The van der Waals surface area contributed by atoms with E-state index in [0.717, 1.165) is 5.56 Å². The Labute approximate surface area is 144 Å². The maximum absolute atomic E-state index is 12.3. The fourth-order valence-corrected chi connectivity index (χ4v) is 2.38. The van der Waals surface area contributed by atoms with Crippen LogP contribution in [0.4, 0.5) is 5.69 Å². The highest BCUT2D eigenvalue weighted by Gasteiger charge is 2.20. The number of pyridine rings is 1. The van der Waals surface area contributed by atoms with Crippen molar-refractivity contribution in [3.63, 3.8) is 0 Å². The lowest BCUT2D eigenvalue weighted by Gasteiger charge is -2.17. The average molecular weight is 354 g/mol. The van der Waals surface area contributed by atoms with E-state index in [1.807, 2.05) is 19.1 Å². The van der Waals surface area contributed by atoms with Gasteiger partial charge in [0.1, 0.15) is 5.02 Å². The molecule has 1 amide bonds. The number of aromatic nitrogens is 1. The largest absolute Gasteiger partial charge is 0.463 e. The molecule has 0 spiro atoms. The van der Waals surface area contributed by atoms with Gasteiger partial charge in [0.2, 0.25) is 5.88 Å². The normalized spacial score (nSPS) is 11.8. The van der Waals surface area contributed by atoms with Crippen molar-refractivity contribution in [1.29, 1.82) is 0 Å². The zero-order valence-corrected chi connectivity index (χ0v) is 14.1. The molecule has 0 aliphatic carbocycles. The van der Waals surface area contributed by atoms with Crippen LogP contribution in [0.2, 0.25) is 10.0 Å². The summed E-state index contributed by atoms with van der Waals surface area (Å²) in [5.74, 6) is -0.0650. The molecule has 23 heavy (non-hydrogen) atoms. The van der Waals surface area contributed by atoms with E-state index in [2.05, 4.69) is 10.3 Å². The van der Waals surface area contributed by atoms with Crippen LogP contribution in [0.3, 0.4) is 0 Å². The number of carbonyl (C=O) groups is 1. The maximum atomic E-state index is 12.3. The third kappa shape index (κ3) is 5.01. The number of benzene rings is 1. The number of anilines is 1. The van der Waals surface area contributed by atoms with E-state index in [-0.39, 0.29) is 16.8 Å². The van der Waals surface area contributed by atoms with Crippen molar-refractivity contribution in [2.24, 2.45) is 0 Å². The number of ether oxygens (including phenoxy) is 1. The van der Waals surface area contributed by atoms with Crippen molar-refractivity contribution in [2.75, 3.05) is 5.73 Å². The van der Waals surface area contributed by atoms with Crippen molar-refractivity contribution >= 4 is 34.8 Å². The first-order chi connectivity index (χ1) is 11.0. The van der Waals surface area contributed by atoms with Crippen molar-refractivity contribution in [2.45, 2.75) is 26.0 Å². The Morgan fingerprint density at radius 2 is 2.17 bits per heavy atom. The molecule has 0 aliphatic heterocycles. The third-order valence-electron chi connectivity index (χ3n) is 3.11. The molecule has 1 heterocycles. The number of nitrogens with zero attached hydrogens (tertiary/aromatic N) is 1. The summed E-state index contributed by atoms with van der Waals surface area (Å²) in [6.07, 6.45) is 1.20. The Morgan fingerprint density at radius 1 is 1.39 bits per heavy atom. The Kier molecular flexibility index (Phi) is 6.07. The van der Waals surface area contributed by atoms with Gasteiger partial charge in [-0.25, -0.2) is 4.98 Å². The SMILES string of the molecule is CCC(Oc1ncc(Cl)cc1Cl)C(=O)NCc1cccc(N)c1. The van der Waals surface area contributed by atoms with Crippen LogP contribution in [-0.2, 0) is 11.3 Å². The zero-order valence-electron chi connectivity index (χ0n) is 12.6. The highest BCUT2D eigenvalue weighted by Crippen LogP contribution is 2.25. The monoisotopic (exact) mass is 353 g/mol. The van der Waals surface area contributed by atoms with Gasteiger partial charge < -0.3 is 15.8 Å². The number of rotatable bonds is 6. The number of nitrogens with two attached hydrogens (primary N) is 1. The highest BCUT2D eigenvalue weighted by atomic mass is 35.5. The van der Waals surface area contributed by atoms with Gasteiger partial charge in [0.05, 0.1) is 5.02 Å². The van der Waals surface area contributed by atoms with Gasteiger partial charge in [-0.3, -0.25) is 4.79 Å². The summed E-state index contributed by atoms with van der Waals surface area (Å²) in [5.41, 5.74) is 7.27. The fraction of sp³-hybridized carbons (Fsp3) is 0.250. The van der Waals surface area contributed by atoms with E-state index in [1.165, 1.54) is 12.3 Å². The molecule has 1 unspecified atom stereocenters. The van der Waals surface area contributed by atoms with E-state index < -0.39 is 6.10 Å². The summed E-state index contributed by atoms with van der Waals surface area (Å²) in [7, 11) is 0. The van der Waals surface area contributed by atoms with Crippen LogP contribution in [0.25, 0.3) is 0 Å². The first kappa shape index (κ1) is 17.4. The van der Waals surface area contributed by atoms with Crippen molar-refractivity contribution in [3.05, 3.63) is 52.1 Å². The van der Waals surface area contributed by atoms with Crippen LogP contribution in [0.5, 0.6) is 5.88 Å². The van der Waals surface area contributed by atoms with E-state index in [1.54, 1.807) is 12.1 Å². The molecule has 1 atom stereocenters. The standard InChI is InChI=1S/C16H17Cl2N3O2/c1-2-14(23-16-13(18)7-11(17)9-21-16)15(22)20-8-10-4-3-5-12(19)6-10/h3-7,9,14H,2,8,19H2,1H3,(H,20,22). The Bertz CT molecular complexity index is 695. The molecule has 122 valence electrons. The number of nitrogen functional groups attached to an aromatic ring is 1. The quantitative estimate of drug-likeness (QED) is 0.779. The molecule has 0 saturated heterocycles. The second-order valence-corrected chi connectivity index (χ2v) is 5.76. The minimum atomic E-state index is -0.692. The summed E-state index contributed by atoms with van der Waals surface area (Å²) in [6, 6.07) is 8.83. The Balaban J connectivity index is 1.98.